The van der Waals surface area contributed by atoms with Crippen LogP contribution in [0, 0.1) is 17.8 Å². The van der Waals surface area contributed by atoms with Crippen LogP contribution in [0.3, 0.4) is 0 Å². The molecule has 2 aliphatic rings. The molecule has 0 radical (unpaired) electrons. The average molecular weight is 363 g/mol. The molecule has 128 valence electrons. The van der Waals surface area contributed by atoms with Crippen LogP contribution in [0.4, 0.5) is 0 Å². The molecule has 1 amide bonds. The lowest BCUT2D eigenvalue weighted by atomic mass is 9.84. The van der Waals surface area contributed by atoms with Gasteiger partial charge in [0.05, 0.1) is 10.6 Å². The third-order valence-corrected chi connectivity index (χ3v) is 7.10. The number of aromatic nitrogens is 3. The van der Waals surface area contributed by atoms with Gasteiger partial charge in [-0.25, -0.2) is 4.98 Å². The molecule has 24 heavy (non-hydrogen) atoms. The number of thiophene rings is 1. The van der Waals surface area contributed by atoms with Crippen LogP contribution in [0.5, 0.6) is 0 Å². The smallest absolute Gasteiger partial charge is 0.230 e. The molecule has 2 aliphatic carbocycles. The topological polar surface area (TPSA) is 70.7 Å². The van der Waals surface area contributed by atoms with E-state index in [1.165, 1.54) is 37.4 Å². The first-order valence-electron chi connectivity index (χ1n) is 8.57. The summed E-state index contributed by atoms with van der Waals surface area (Å²) < 4.78 is 0. The van der Waals surface area contributed by atoms with Crippen molar-refractivity contribution in [3.8, 4) is 10.7 Å². The Kier molecular flexibility index (Phi) is 4.63. The number of nitrogens with zero attached hydrogens (tertiary/aromatic N) is 2. The summed E-state index contributed by atoms with van der Waals surface area (Å²) in [5.74, 6) is 3.64. The second-order valence-electron chi connectivity index (χ2n) is 6.93. The number of rotatable bonds is 6. The summed E-state index contributed by atoms with van der Waals surface area (Å²) in [4.78, 5) is 17.7. The highest BCUT2D eigenvalue weighted by atomic mass is 32.2. The van der Waals surface area contributed by atoms with Crippen LogP contribution in [0.25, 0.3) is 10.7 Å². The fourth-order valence-electron chi connectivity index (χ4n) is 4.27. The lowest BCUT2D eigenvalue weighted by Crippen LogP contribution is -2.40. The molecule has 0 unspecified atom stereocenters. The van der Waals surface area contributed by atoms with Gasteiger partial charge in [0.1, 0.15) is 0 Å². The van der Waals surface area contributed by atoms with E-state index in [9.17, 15) is 4.79 Å². The maximum absolute atomic E-state index is 12.2. The first-order chi connectivity index (χ1) is 11.7. The molecule has 0 aliphatic heterocycles. The quantitative estimate of drug-likeness (QED) is 0.771. The molecule has 5 nitrogen and oxygen atoms in total. The Morgan fingerprint density at radius 3 is 3.12 bits per heavy atom. The number of H-pyrrole nitrogens is 1. The largest absolute Gasteiger partial charge is 0.353 e. The maximum Gasteiger partial charge on any atom is 0.230 e. The number of carbonyl (C=O) groups is 1. The summed E-state index contributed by atoms with van der Waals surface area (Å²) in [6, 6.07) is 4.27. The van der Waals surface area contributed by atoms with Crippen LogP contribution in [0.2, 0.25) is 0 Å². The fraction of sp³-hybridized carbons (Fsp3) is 0.588. The molecule has 0 aromatic carbocycles. The van der Waals surface area contributed by atoms with Gasteiger partial charge < -0.3 is 5.32 Å². The molecule has 2 fully saturated rings. The van der Waals surface area contributed by atoms with Gasteiger partial charge in [0.2, 0.25) is 11.1 Å². The van der Waals surface area contributed by atoms with Crippen molar-refractivity contribution in [3.63, 3.8) is 0 Å². The number of nitrogens with one attached hydrogen (secondary N) is 2. The molecule has 2 aromatic rings. The average Bonchev–Trinajstić information content (AvgIpc) is 3.37. The second-order valence-corrected chi connectivity index (χ2v) is 8.82. The maximum atomic E-state index is 12.2. The third kappa shape index (κ3) is 3.37. The molecule has 0 spiro atoms. The van der Waals surface area contributed by atoms with E-state index >= 15 is 0 Å². The standard InChI is InChI=1S/C17H22N4OS2/c1-10(13-8-11-4-5-12(13)7-11)18-15(22)9-24-17-19-16(20-21-17)14-3-2-6-23-14/h2-3,6,10-13H,4-5,7-9H2,1H3,(H,18,22)(H,19,20,21)/t10-,11-,12-,13-/m0/s1. The predicted octanol–water partition coefficient (Wildman–Crippen LogP) is 3.57. The Morgan fingerprint density at radius 2 is 2.42 bits per heavy atom. The Morgan fingerprint density at radius 1 is 1.50 bits per heavy atom. The Balaban J connectivity index is 1.26. The zero-order valence-corrected chi connectivity index (χ0v) is 15.3. The van der Waals surface area contributed by atoms with Gasteiger partial charge in [0.15, 0.2) is 5.82 Å². The summed E-state index contributed by atoms with van der Waals surface area (Å²) in [5, 5.41) is 12.9. The molecule has 2 saturated carbocycles. The lowest BCUT2D eigenvalue weighted by molar-refractivity contribution is -0.119. The molecule has 2 aromatic heterocycles. The number of carbonyl (C=O) groups excluding carboxylic acids is 1. The molecule has 7 heteroatoms. The van der Waals surface area contributed by atoms with Crippen LogP contribution >= 0.6 is 23.1 Å². The number of hydrogen-bond donors (Lipinski definition) is 2. The van der Waals surface area contributed by atoms with Crippen LogP contribution < -0.4 is 5.32 Å². The predicted molar refractivity (Wildman–Crippen MR) is 97.0 cm³/mol. The summed E-state index contributed by atoms with van der Waals surface area (Å²) in [5.41, 5.74) is 0. The highest BCUT2D eigenvalue weighted by Gasteiger charge is 2.42. The molecule has 2 N–H and O–H groups in total. The van der Waals surface area contributed by atoms with Gasteiger partial charge in [0.25, 0.3) is 0 Å². The van der Waals surface area contributed by atoms with Crippen LogP contribution in [-0.4, -0.2) is 32.9 Å². The first kappa shape index (κ1) is 16.1. The van der Waals surface area contributed by atoms with E-state index in [4.69, 9.17) is 0 Å². The summed E-state index contributed by atoms with van der Waals surface area (Å²) in [6.07, 6.45) is 5.43. The lowest BCUT2D eigenvalue weighted by Gasteiger charge is -2.28. The second kappa shape index (κ2) is 6.88. The summed E-state index contributed by atoms with van der Waals surface area (Å²) in [7, 11) is 0. The van der Waals surface area contributed by atoms with Crippen LogP contribution in [0.1, 0.15) is 32.6 Å². The Labute approximate surface area is 150 Å². The number of aromatic amines is 1. The van der Waals surface area contributed by atoms with Gasteiger partial charge >= 0.3 is 0 Å². The molecular weight excluding hydrogens is 340 g/mol. The zero-order chi connectivity index (χ0) is 16.5. The minimum absolute atomic E-state index is 0.0812. The van der Waals surface area contributed by atoms with Gasteiger partial charge in [-0.15, -0.1) is 16.4 Å². The normalized spacial score (nSPS) is 26.6. The number of fused-ring (bicyclic) bond motifs is 2. The minimum atomic E-state index is 0.0812. The van der Waals surface area contributed by atoms with E-state index in [2.05, 4.69) is 27.4 Å². The molecular formula is C17H22N4OS2. The van der Waals surface area contributed by atoms with E-state index in [1.807, 2.05) is 17.5 Å². The van der Waals surface area contributed by atoms with Gasteiger partial charge in [-0.05, 0) is 55.4 Å². The molecule has 2 heterocycles. The highest BCUT2D eigenvalue weighted by molar-refractivity contribution is 7.99. The van der Waals surface area contributed by atoms with Crippen molar-refractivity contribution in [3.05, 3.63) is 17.5 Å². The van der Waals surface area contributed by atoms with Gasteiger partial charge in [-0.1, -0.05) is 24.2 Å². The van der Waals surface area contributed by atoms with E-state index in [-0.39, 0.29) is 11.9 Å². The fourth-order valence-corrected chi connectivity index (χ4v) is 5.55. The molecule has 0 saturated heterocycles. The Hall–Kier alpha value is -1.34. The SMILES string of the molecule is C[C@H](NC(=O)CSc1n[nH]c(-c2cccs2)n1)[C@@H]1C[C@H]2CC[C@H]1C2. The summed E-state index contributed by atoms with van der Waals surface area (Å²) in [6.45, 7) is 2.16. The van der Waals surface area contributed by atoms with Crippen molar-refractivity contribution in [1.29, 1.82) is 0 Å². The third-order valence-electron chi connectivity index (χ3n) is 5.38. The first-order valence-corrected chi connectivity index (χ1v) is 10.4. The van der Waals surface area contributed by atoms with Gasteiger partial charge in [-0.2, -0.15) is 0 Å². The van der Waals surface area contributed by atoms with Crippen molar-refractivity contribution in [1.82, 2.24) is 20.5 Å². The molecule has 4 atom stereocenters. The van der Waals surface area contributed by atoms with Crippen molar-refractivity contribution in [2.24, 2.45) is 17.8 Å². The van der Waals surface area contributed by atoms with E-state index in [0.29, 0.717) is 16.8 Å². The van der Waals surface area contributed by atoms with E-state index in [0.717, 1.165) is 22.5 Å². The van der Waals surface area contributed by atoms with E-state index < -0.39 is 0 Å². The number of hydrogen-bond acceptors (Lipinski definition) is 5. The van der Waals surface area contributed by atoms with Crippen molar-refractivity contribution in [2.45, 2.75) is 43.8 Å². The van der Waals surface area contributed by atoms with Crippen molar-refractivity contribution in [2.75, 3.05) is 5.75 Å². The minimum Gasteiger partial charge on any atom is -0.353 e. The van der Waals surface area contributed by atoms with Gasteiger partial charge in [-0.3, -0.25) is 9.89 Å². The highest BCUT2D eigenvalue weighted by Crippen LogP contribution is 2.49. The molecule has 4 rings (SSSR count). The van der Waals surface area contributed by atoms with Gasteiger partial charge in [0, 0.05) is 6.04 Å². The zero-order valence-electron chi connectivity index (χ0n) is 13.7. The molecule has 2 bridgehead atoms. The number of thioether (sulfide) groups is 1. The van der Waals surface area contributed by atoms with Crippen molar-refractivity contribution < 1.29 is 4.79 Å². The van der Waals surface area contributed by atoms with Crippen LogP contribution in [0.15, 0.2) is 22.7 Å². The van der Waals surface area contributed by atoms with E-state index in [1.54, 1.807) is 11.3 Å². The summed E-state index contributed by atoms with van der Waals surface area (Å²) >= 11 is 3.01. The monoisotopic (exact) mass is 362 g/mol. The number of amides is 1. The Bertz CT molecular complexity index is 699. The van der Waals surface area contributed by atoms with Crippen LogP contribution in [-0.2, 0) is 4.79 Å². The van der Waals surface area contributed by atoms with Crippen molar-refractivity contribution >= 4 is 29.0 Å².